The minimum Gasteiger partial charge on any atom is -0.481 e. The third-order valence-electron chi connectivity index (χ3n) is 5.30. The van der Waals surface area contributed by atoms with Crippen molar-refractivity contribution in [2.75, 3.05) is 13.2 Å². The summed E-state index contributed by atoms with van der Waals surface area (Å²) in [5, 5.41) is 22.9. The van der Waals surface area contributed by atoms with Crippen LogP contribution in [-0.4, -0.2) is 53.5 Å². The number of aliphatic hydroxyl groups is 1. The Morgan fingerprint density at radius 2 is 1.62 bits per heavy atom. The fraction of sp³-hybridized carbons (Fsp3) is 0.292. The highest BCUT2D eigenvalue weighted by Gasteiger charge is 2.30. The van der Waals surface area contributed by atoms with Gasteiger partial charge in [0.1, 0.15) is 18.7 Å². The van der Waals surface area contributed by atoms with Gasteiger partial charge in [0, 0.05) is 12.3 Å². The molecule has 0 aliphatic heterocycles. The van der Waals surface area contributed by atoms with Crippen LogP contribution in [0.1, 0.15) is 29.9 Å². The molecule has 8 heteroatoms. The first-order valence-corrected chi connectivity index (χ1v) is 10.1. The van der Waals surface area contributed by atoms with Crippen molar-refractivity contribution < 1.29 is 29.3 Å². The van der Waals surface area contributed by atoms with E-state index in [-0.39, 0.29) is 25.4 Å². The molecule has 166 valence electrons. The number of carboxylic acid groups (broad SMARTS) is 1. The molecule has 2 amide bonds. The predicted molar refractivity (Wildman–Crippen MR) is 117 cm³/mol. The zero-order valence-corrected chi connectivity index (χ0v) is 17.3. The molecule has 1 aliphatic rings. The molecule has 2 unspecified atom stereocenters. The van der Waals surface area contributed by atoms with Crippen LogP contribution >= 0.6 is 0 Å². The van der Waals surface area contributed by atoms with Gasteiger partial charge in [0.25, 0.3) is 0 Å². The van der Waals surface area contributed by atoms with Crippen LogP contribution in [0, 0.1) is 12.3 Å². The van der Waals surface area contributed by atoms with E-state index in [9.17, 15) is 14.4 Å². The molecule has 0 saturated heterocycles. The van der Waals surface area contributed by atoms with Gasteiger partial charge in [-0.1, -0.05) is 54.5 Å². The van der Waals surface area contributed by atoms with Crippen LogP contribution in [0.2, 0.25) is 0 Å². The molecule has 2 atom stereocenters. The average Bonchev–Trinajstić information content (AvgIpc) is 3.12. The quantitative estimate of drug-likeness (QED) is 0.445. The van der Waals surface area contributed by atoms with Crippen molar-refractivity contribution in [1.29, 1.82) is 0 Å². The molecule has 2 aromatic carbocycles. The van der Waals surface area contributed by atoms with Gasteiger partial charge in [-0.2, -0.15) is 0 Å². The van der Waals surface area contributed by atoms with Gasteiger partial charge in [-0.25, -0.2) is 4.79 Å². The van der Waals surface area contributed by atoms with E-state index in [1.165, 1.54) is 0 Å². The molecule has 0 aromatic heterocycles. The topological polar surface area (TPSA) is 125 Å². The number of aliphatic carboxylic acids is 1. The van der Waals surface area contributed by atoms with Crippen LogP contribution in [0.3, 0.4) is 0 Å². The molecule has 0 saturated carbocycles. The first-order chi connectivity index (χ1) is 15.4. The van der Waals surface area contributed by atoms with Crippen molar-refractivity contribution in [2.24, 2.45) is 0 Å². The Bertz CT molecular complexity index is 999. The Labute approximate surface area is 185 Å². The minimum atomic E-state index is -1.18. The number of ether oxygens (including phenoxy) is 1. The number of amides is 2. The van der Waals surface area contributed by atoms with Gasteiger partial charge in [0.2, 0.25) is 5.91 Å². The lowest BCUT2D eigenvalue weighted by atomic mass is 9.98. The number of carbonyl (C=O) groups is 3. The summed E-state index contributed by atoms with van der Waals surface area (Å²) in [5.41, 5.74) is 4.25. The van der Waals surface area contributed by atoms with Crippen molar-refractivity contribution in [1.82, 2.24) is 10.6 Å². The highest BCUT2D eigenvalue weighted by atomic mass is 16.5. The first-order valence-electron chi connectivity index (χ1n) is 10.1. The summed E-state index contributed by atoms with van der Waals surface area (Å²) in [6.07, 6.45) is 3.87. The van der Waals surface area contributed by atoms with E-state index >= 15 is 0 Å². The molecule has 0 fully saturated rings. The molecule has 0 radical (unpaired) electrons. The van der Waals surface area contributed by atoms with E-state index in [1.807, 2.05) is 48.5 Å². The van der Waals surface area contributed by atoms with Crippen LogP contribution in [0.15, 0.2) is 48.5 Å². The maximum absolute atomic E-state index is 12.5. The highest BCUT2D eigenvalue weighted by Crippen LogP contribution is 2.44. The molecule has 1 aliphatic carbocycles. The Kier molecular flexibility index (Phi) is 7.47. The van der Waals surface area contributed by atoms with Gasteiger partial charge >= 0.3 is 12.1 Å². The van der Waals surface area contributed by atoms with E-state index in [1.54, 1.807) is 0 Å². The van der Waals surface area contributed by atoms with Crippen molar-refractivity contribution in [3.8, 4) is 23.5 Å². The van der Waals surface area contributed by atoms with Gasteiger partial charge in [-0.05, 0) is 28.7 Å². The Morgan fingerprint density at radius 1 is 1.03 bits per heavy atom. The van der Waals surface area contributed by atoms with E-state index in [0.717, 1.165) is 22.3 Å². The molecule has 4 N–H and O–H groups in total. The van der Waals surface area contributed by atoms with E-state index < -0.39 is 36.7 Å². The number of hydrogen-bond acceptors (Lipinski definition) is 5. The van der Waals surface area contributed by atoms with Crippen molar-refractivity contribution >= 4 is 18.0 Å². The number of benzene rings is 2. The summed E-state index contributed by atoms with van der Waals surface area (Å²) in [7, 11) is 0. The fourth-order valence-electron chi connectivity index (χ4n) is 3.73. The highest BCUT2D eigenvalue weighted by molar-refractivity contribution is 5.86. The Morgan fingerprint density at radius 3 is 2.16 bits per heavy atom. The summed E-state index contributed by atoms with van der Waals surface area (Å²) >= 11 is 0. The van der Waals surface area contributed by atoms with Gasteiger partial charge in [-0.3, -0.25) is 9.59 Å². The first kappa shape index (κ1) is 22.8. The fourth-order valence-corrected chi connectivity index (χ4v) is 3.73. The molecular formula is C24H24N2O6. The van der Waals surface area contributed by atoms with Gasteiger partial charge in [0.05, 0.1) is 6.61 Å². The summed E-state index contributed by atoms with van der Waals surface area (Å²) < 4.78 is 5.42. The minimum absolute atomic E-state index is 0.0523. The van der Waals surface area contributed by atoms with Crippen LogP contribution in [0.4, 0.5) is 4.79 Å². The maximum Gasteiger partial charge on any atom is 0.407 e. The molecule has 2 aromatic rings. The third kappa shape index (κ3) is 5.25. The third-order valence-corrected chi connectivity index (χ3v) is 5.30. The number of terminal acetylenes is 1. The molecule has 0 bridgehead atoms. The number of rotatable bonds is 9. The normalized spacial score (nSPS) is 13.8. The number of carbonyl (C=O) groups excluding carboxylic acids is 2. The predicted octanol–water partition coefficient (Wildman–Crippen LogP) is 1.87. The summed E-state index contributed by atoms with van der Waals surface area (Å²) in [6.45, 7) is -0.435. The second-order valence-electron chi connectivity index (χ2n) is 7.37. The largest absolute Gasteiger partial charge is 0.481 e. The van der Waals surface area contributed by atoms with Crippen molar-refractivity contribution in [3.63, 3.8) is 0 Å². The second-order valence-corrected chi connectivity index (χ2v) is 7.37. The van der Waals surface area contributed by atoms with Crippen molar-refractivity contribution in [2.45, 2.75) is 30.8 Å². The second kappa shape index (κ2) is 10.5. The van der Waals surface area contributed by atoms with E-state index in [2.05, 4.69) is 16.6 Å². The molecular weight excluding hydrogens is 412 g/mol. The van der Waals surface area contributed by atoms with Gasteiger partial charge in [-0.15, -0.1) is 6.42 Å². The standard InChI is InChI=1S/C24H24N2O6/c1-2-15(13-27)25-23(30)21(11-12-22(28)29)26-24(31)32-14-20-18-9-5-3-7-16(18)17-8-4-6-10-19(17)20/h1,3-10,15,20-21,27H,11-14H2,(H,25,30)(H,26,31)(H,28,29). The molecule has 3 rings (SSSR count). The molecule has 0 heterocycles. The Hall–Kier alpha value is -3.83. The molecule has 8 nitrogen and oxygen atoms in total. The number of nitrogens with one attached hydrogen (secondary N) is 2. The lowest BCUT2D eigenvalue weighted by molar-refractivity contribution is -0.137. The SMILES string of the molecule is C#CC(CO)NC(=O)C(CCC(=O)O)NC(=O)OCC1c2ccccc2-c2ccccc21. The maximum atomic E-state index is 12.5. The number of aliphatic hydroxyl groups excluding tert-OH is 1. The van der Waals surface area contributed by atoms with Crippen LogP contribution in [-0.2, 0) is 14.3 Å². The number of hydrogen-bond donors (Lipinski definition) is 4. The lowest BCUT2D eigenvalue weighted by Crippen LogP contribution is -2.50. The summed E-state index contributed by atoms with van der Waals surface area (Å²) in [4.78, 5) is 35.8. The summed E-state index contributed by atoms with van der Waals surface area (Å²) in [5.74, 6) is 0.226. The zero-order valence-electron chi connectivity index (χ0n) is 17.3. The smallest absolute Gasteiger partial charge is 0.407 e. The summed E-state index contributed by atoms with van der Waals surface area (Å²) in [6, 6.07) is 13.6. The average molecular weight is 436 g/mol. The number of carboxylic acids is 1. The molecule has 32 heavy (non-hydrogen) atoms. The Balaban J connectivity index is 1.67. The van der Waals surface area contributed by atoms with Crippen LogP contribution in [0.25, 0.3) is 11.1 Å². The van der Waals surface area contributed by atoms with Gasteiger partial charge < -0.3 is 25.6 Å². The number of fused-ring (bicyclic) bond motifs is 3. The van der Waals surface area contributed by atoms with E-state index in [0.29, 0.717) is 0 Å². The van der Waals surface area contributed by atoms with Crippen molar-refractivity contribution in [3.05, 3.63) is 59.7 Å². The van der Waals surface area contributed by atoms with E-state index in [4.69, 9.17) is 21.4 Å². The zero-order chi connectivity index (χ0) is 23.1. The van der Waals surface area contributed by atoms with Crippen LogP contribution < -0.4 is 10.6 Å². The van der Waals surface area contributed by atoms with Crippen LogP contribution in [0.5, 0.6) is 0 Å². The molecule has 0 spiro atoms. The lowest BCUT2D eigenvalue weighted by Gasteiger charge is -2.20. The van der Waals surface area contributed by atoms with Gasteiger partial charge in [0.15, 0.2) is 0 Å². The number of alkyl carbamates (subject to hydrolysis) is 1. The monoisotopic (exact) mass is 436 g/mol.